The van der Waals surface area contributed by atoms with E-state index in [0.29, 0.717) is 24.3 Å². The van der Waals surface area contributed by atoms with Crippen LogP contribution in [0, 0.1) is 0 Å². The largest absolute Gasteiger partial charge is 0.480 e. The lowest BCUT2D eigenvalue weighted by atomic mass is 10.0. The number of carbonyl (C=O) groups excluding carboxylic acids is 3. The van der Waals surface area contributed by atoms with Crippen LogP contribution < -0.4 is 21.7 Å². The number of benzene rings is 1. The van der Waals surface area contributed by atoms with Crippen LogP contribution in [-0.2, 0) is 25.6 Å². The highest BCUT2D eigenvalue weighted by molar-refractivity contribution is 7.98. The van der Waals surface area contributed by atoms with Crippen molar-refractivity contribution in [3.8, 4) is 0 Å². The lowest BCUT2D eigenvalue weighted by Crippen LogP contribution is -2.58. The Balaban J connectivity index is 3.02. The number of thiol groups is 1. The second-order valence-electron chi connectivity index (χ2n) is 7.56. The molecule has 34 heavy (non-hydrogen) atoms. The molecule has 0 aliphatic carbocycles. The molecule has 0 radical (unpaired) electrons. The van der Waals surface area contributed by atoms with Gasteiger partial charge < -0.3 is 26.8 Å². The third kappa shape index (κ3) is 11.0. The highest BCUT2D eigenvalue weighted by atomic mass is 32.2. The van der Waals surface area contributed by atoms with E-state index in [1.54, 1.807) is 36.0 Å². The Morgan fingerprint density at radius 3 is 1.97 bits per heavy atom. The predicted molar refractivity (Wildman–Crippen MR) is 141 cm³/mol. The molecule has 0 fully saturated rings. The Hall–Kier alpha value is -1.89. The first-order valence-corrected chi connectivity index (χ1v) is 14.2. The number of carboxylic acid groups (broad SMARTS) is 1. The molecule has 1 rings (SSSR count). The molecule has 3 amide bonds. The van der Waals surface area contributed by atoms with Gasteiger partial charge in [0.15, 0.2) is 0 Å². The second-order valence-corrected chi connectivity index (χ2v) is 9.90. The number of amides is 3. The Kier molecular flexibility index (Phi) is 14.8. The van der Waals surface area contributed by atoms with Crippen LogP contribution in [0.2, 0.25) is 0 Å². The standard InChI is InChI=1S/C22H34N4O5S3/c1-33-10-8-15(23)19(27)24-16(9-11-34-2)20(28)25-17(12-14-6-4-3-5-7-14)21(29)26-18(13-32)22(30)31/h3-7,15-18,32H,8-13,23H2,1-2H3,(H,24,27)(H,25,28)(H,26,29)(H,30,31). The number of nitrogens with one attached hydrogen (secondary N) is 3. The van der Waals surface area contributed by atoms with Crippen LogP contribution in [0.25, 0.3) is 0 Å². The third-order valence-corrected chi connectivity index (χ3v) is 6.58. The summed E-state index contributed by atoms with van der Waals surface area (Å²) < 4.78 is 0. The number of hydrogen-bond donors (Lipinski definition) is 6. The van der Waals surface area contributed by atoms with E-state index in [4.69, 9.17) is 5.73 Å². The normalized spacial score (nSPS) is 14.4. The molecule has 0 heterocycles. The van der Waals surface area contributed by atoms with E-state index in [-0.39, 0.29) is 12.2 Å². The molecular formula is C22H34N4O5S3. The zero-order valence-electron chi connectivity index (χ0n) is 19.4. The smallest absolute Gasteiger partial charge is 0.327 e. The van der Waals surface area contributed by atoms with E-state index in [1.807, 2.05) is 18.6 Å². The molecular weight excluding hydrogens is 496 g/mol. The summed E-state index contributed by atoms with van der Waals surface area (Å²) in [5, 5.41) is 17.1. The van der Waals surface area contributed by atoms with Gasteiger partial charge in [-0.3, -0.25) is 14.4 Å². The van der Waals surface area contributed by atoms with Crippen molar-refractivity contribution in [2.24, 2.45) is 5.73 Å². The molecule has 4 unspecified atom stereocenters. The highest BCUT2D eigenvalue weighted by Crippen LogP contribution is 2.08. The predicted octanol–water partition coefficient (Wildman–Crippen LogP) is 0.531. The Bertz CT molecular complexity index is 800. The van der Waals surface area contributed by atoms with Crippen LogP contribution in [-0.4, -0.2) is 82.7 Å². The number of hydrogen-bond acceptors (Lipinski definition) is 8. The number of carboxylic acids is 1. The number of aliphatic carboxylic acids is 1. The number of thioether (sulfide) groups is 2. The molecule has 4 atom stereocenters. The SMILES string of the molecule is CSCCC(N)C(=O)NC(CCSC)C(=O)NC(Cc1ccccc1)C(=O)NC(CS)C(=O)O. The molecule has 6 N–H and O–H groups in total. The van der Waals surface area contributed by atoms with Crippen molar-refractivity contribution in [2.75, 3.05) is 29.8 Å². The minimum atomic E-state index is -1.22. The van der Waals surface area contributed by atoms with E-state index in [0.717, 1.165) is 5.56 Å². The summed E-state index contributed by atoms with van der Waals surface area (Å²) >= 11 is 7.07. The lowest BCUT2D eigenvalue weighted by molar-refractivity contribution is -0.141. The fourth-order valence-electron chi connectivity index (χ4n) is 2.95. The summed E-state index contributed by atoms with van der Waals surface area (Å²) in [6, 6.07) is 5.16. The van der Waals surface area contributed by atoms with Crippen molar-refractivity contribution in [2.45, 2.75) is 43.4 Å². The van der Waals surface area contributed by atoms with Crippen molar-refractivity contribution >= 4 is 59.8 Å². The monoisotopic (exact) mass is 530 g/mol. The highest BCUT2D eigenvalue weighted by Gasteiger charge is 2.30. The molecule has 0 aliphatic rings. The van der Waals surface area contributed by atoms with Gasteiger partial charge in [0.2, 0.25) is 17.7 Å². The molecule has 0 bridgehead atoms. The van der Waals surface area contributed by atoms with Gasteiger partial charge in [0.1, 0.15) is 18.1 Å². The average molecular weight is 531 g/mol. The zero-order chi connectivity index (χ0) is 25.5. The first-order valence-electron chi connectivity index (χ1n) is 10.8. The fraction of sp³-hybridized carbons (Fsp3) is 0.545. The summed E-state index contributed by atoms with van der Waals surface area (Å²) in [7, 11) is 0. The van der Waals surface area contributed by atoms with Gasteiger partial charge in [-0.2, -0.15) is 36.2 Å². The van der Waals surface area contributed by atoms with Crippen LogP contribution >= 0.6 is 36.2 Å². The van der Waals surface area contributed by atoms with Crippen molar-refractivity contribution in [1.29, 1.82) is 0 Å². The molecule has 0 aliphatic heterocycles. The molecule has 190 valence electrons. The van der Waals surface area contributed by atoms with Gasteiger partial charge in [0, 0.05) is 12.2 Å². The minimum absolute atomic E-state index is 0.104. The van der Waals surface area contributed by atoms with Gasteiger partial charge in [0.25, 0.3) is 0 Å². The van der Waals surface area contributed by atoms with E-state index in [9.17, 15) is 24.3 Å². The molecule has 12 heteroatoms. The number of rotatable bonds is 16. The van der Waals surface area contributed by atoms with Crippen LogP contribution in [0.4, 0.5) is 0 Å². The maximum atomic E-state index is 13.1. The first-order chi connectivity index (χ1) is 16.2. The minimum Gasteiger partial charge on any atom is -0.480 e. The van der Waals surface area contributed by atoms with Gasteiger partial charge in [-0.1, -0.05) is 30.3 Å². The lowest BCUT2D eigenvalue weighted by Gasteiger charge is -2.25. The van der Waals surface area contributed by atoms with E-state index < -0.39 is 47.9 Å². The Morgan fingerprint density at radius 2 is 1.41 bits per heavy atom. The Morgan fingerprint density at radius 1 is 0.882 bits per heavy atom. The summed E-state index contributed by atoms with van der Waals surface area (Å²) in [4.78, 5) is 49.9. The van der Waals surface area contributed by atoms with Crippen LogP contribution in [0.3, 0.4) is 0 Å². The van der Waals surface area contributed by atoms with Gasteiger partial charge in [0.05, 0.1) is 6.04 Å². The van der Waals surface area contributed by atoms with Crippen molar-refractivity contribution < 1.29 is 24.3 Å². The van der Waals surface area contributed by atoms with Crippen molar-refractivity contribution in [1.82, 2.24) is 16.0 Å². The quantitative estimate of drug-likeness (QED) is 0.169. The third-order valence-electron chi connectivity index (χ3n) is 4.93. The topological polar surface area (TPSA) is 151 Å². The number of carbonyl (C=O) groups is 4. The molecule has 9 nitrogen and oxygen atoms in total. The van der Waals surface area contributed by atoms with Gasteiger partial charge in [-0.25, -0.2) is 4.79 Å². The number of nitrogens with two attached hydrogens (primary N) is 1. The average Bonchev–Trinajstić information content (AvgIpc) is 2.82. The van der Waals surface area contributed by atoms with E-state index in [2.05, 4.69) is 28.6 Å². The summed E-state index contributed by atoms with van der Waals surface area (Å²) in [6.07, 6.45) is 4.77. The first kappa shape index (κ1) is 30.1. The van der Waals surface area contributed by atoms with Crippen molar-refractivity contribution in [3.05, 3.63) is 35.9 Å². The van der Waals surface area contributed by atoms with Crippen LogP contribution in [0.5, 0.6) is 0 Å². The molecule has 0 saturated carbocycles. The summed E-state index contributed by atoms with van der Waals surface area (Å²) in [5.74, 6) is -1.62. The molecule has 0 saturated heterocycles. The van der Waals surface area contributed by atoms with Gasteiger partial charge in [-0.15, -0.1) is 0 Å². The van der Waals surface area contributed by atoms with Crippen molar-refractivity contribution in [3.63, 3.8) is 0 Å². The molecule has 0 spiro atoms. The van der Waals surface area contributed by atoms with Gasteiger partial charge in [-0.05, 0) is 42.4 Å². The fourth-order valence-corrected chi connectivity index (χ4v) is 4.16. The zero-order valence-corrected chi connectivity index (χ0v) is 21.9. The summed E-state index contributed by atoms with van der Waals surface area (Å²) in [6.45, 7) is 0. The molecule has 0 aromatic heterocycles. The van der Waals surface area contributed by atoms with E-state index in [1.165, 1.54) is 11.8 Å². The maximum absolute atomic E-state index is 13.1. The Labute approximate surface area is 214 Å². The van der Waals surface area contributed by atoms with E-state index >= 15 is 0 Å². The van der Waals surface area contributed by atoms with Crippen LogP contribution in [0.1, 0.15) is 18.4 Å². The maximum Gasteiger partial charge on any atom is 0.327 e. The molecule has 1 aromatic carbocycles. The molecule has 1 aromatic rings. The second kappa shape index (κ2) is 16.7. The van der Waals surface area contributed by atoms with Gasteiger partial charge >= 0.3 is 5.97 Å². The summed E-state index contributed by atoms with van der Waals surface area (Å²) in [5.41, 5.74) is 6.72. The van der Waals surface area contributed by atoms with Crippen LogP contribution in [0.15, 0.2) is 30.3 Å².